The standard InChI is InChI=1S/C28H43N5O4/c1-20(17-23-12-16-33(31-23)19-32-15-8-14-30-32)25-18-29-21(2)9-6-7-10-24(34)22(3)27(36)28(4,5)13-11-26(35)37-25/h8,12,14-17,21-22,24-25,29,34H,6-7,9-11,13,18-19H2,1-5H3/b20-17+/t21?,22-,24?,25?/m1/s1. The predicted octanol–water partition coefficient (Wildman–Crippen LogP) is 3.83. The molecule has 0 aromatic carbocycles. The number of rotatable bonds is 4. The number of carbonyl (C=O) groups is 2. The molecule has 1 aliphatic rings. The van der Waals surface area contributed by atoms with Crippen LogP contribution in [0.15, 0.2) is 36.3 Å². The van der Waals surface area contributed by atoms with Crippen LogP contribution in [-0.4, -0.2) is 61.2 Å². The van der Waals surface area contributed by atoms with E-state index >= 15 is 0 Å². The van der Waals surface area contributed by atoms with Crippen molar-refractivity contribution in [2.24, 2.45) is 11.3 Å². The molecule has 2 aromatic heterocycles. The quantitative estimate of drug-likeness (QED) is 0.598. The summed E-state index contributed by atoms with van der Waals surface area (Å²) in [6.07, 6.45) is 10.2. The monoisotopic (exact) mass is 513 g/mol. The molecule has 1 fully saturated rings. The fraction of sp³-hybridized carbons (Fsp3) is 0.643. The first-order valence-electron chi connectivity index (χ1n) is 13.4. The molecule has 9 heteroatoms. The van der Waals surface area contributed by atoms with Crippen molar-refractivity contribution in [2.45, 2.75) is 98.1 Å². The van der Waals surface area contributed by atoms with E-state index in [1.807, 2.05) is 51.4 Å². The highest BCUT2D eigenvalue weighted by molar-refractivity contribution is 5.87. The van der Waals surface area contributed by atoms with Crippen LogP contribution in [-0.2, 0) is 21.0 Å². The number of cyclic esters (lactones) is 1. The number of aromatic nitrogens is 4. The molecule has 3 unspecified atom stereocenters. The number of nitrogens with one attached hydrogen (secondary N) is 1. The van der Waals surface area contributed by atoms with Crippen LogP contribution in [0.25, 0.3) is 6.08 Å². The van der Waals surface area contributed by atoms with Gasteiger partial charge in [0.1, 0.15) is 18.6 Å². The molecule has 1 aliphatic heterocycles. The molecule has 0 radical (unpaired) electrons. The van der Waals surface area contributed by atoms with Gasteiger partial charge in [0.15, 0.2) is 0 Å². The van der Waals surface area contributed by atoms with Crippen LogP contribution in [0, 0.1) is 11.3 Å². The van der Waals surface area contributed by atoms with Gasteiger partial charge < -0.3 is 15.2 Å². The smallest absolute Gasteiger partial charge is 0.306 e. The maximum atomic E-state index is 13.1. The number of aliphatic hydroxyl groups excluding tert-OH is 1. The maximum Gasteiger partial charge on any atom is 0.306 e. The molecule has 0 aliphatic carbocycles. The van der Waals surface area contributed by atoms with Crippen molar-refractivity contribution in [3.05, 3.63) is 42.0 Å². The Morgan fingerprint density at radius 2 is 1.97 bits per heavy atom. The lowest BCUT2D eigenvalue weighted by Gasteiger charge is -2.29. The molecule has 37 heavy (non-hydrogen) atoms. The SMILES string of the molecule is C/C(=C\c1ccn(Cn2cccn2)n1)C1CNC(C)CCCCC(O)[C@@H](C)C(=O)C(C)(C)CCC(=O)O1. The molecule has 0 bridgehead atoms. The number of aliphatic hydroxyl groups is 1. The summed E-state index contributed by atoms with van der Waals surface area (Å²) >= 11 is 0. The van der Waals surface area contributed by atoms with Crippen molar-refractivity contribution in [2.75, 3.05) is 6.54 Å². The molecule has 204 valence electrons. The van der Waals surface area contributed by atoms with E-state index in [0.717, 1.165) is 30.5 Å². The van der Waals surface area contributed by atoms with Crippen molar-refractivity contribution in [3.8, 4) is 0 Å². The predicted molar refractivity (Wildman–Crippen MR) is 143 cm³/mol. The van der Waals surface area contributed by atoms with E-state index in [-0.39, 0.29) is 24.2 Å². The second kappa shape index (κ2) is 13.1. The van der Waals surface area contributed by atoms with Gasteiger partial charge in [-0.2, -0.15) is 10.2 Å². The second-order valence-corrected chi connectivity index (χ2v) is 11.0. The summed E-state index contributed by atoms with van der Waals surface area (Å²) in [5, 5.41) is 22.9. The van der Waals surface area contributed by atoms with Gasteiger partial charge in [0.25, 0.3) is 0 Å². The van der Waals surface area contributed by atoms with Crippen LogP contribution in [0.1, 0.15) is 78.8 Å². The van der Waals surface area contributed by atoms with Crippen LogP contribution in [0.5, 0.6) is 0 Å². The number of Topliss-reactive ketones (excluding diaryl/α,β-unsaturated/α-hetero) is 1. The Morgan fingerprint density at radius 3 is 2.70 bits per heavy atom. The van der Waals surface area contributed by atoms with Crippen molar-refractivity contribution in [1.29, 1.82) is 0 Å². The first-order valence-corrected chi connectivity index (χ1v) is 13.4. The van der Waals surface area contributed by atoms with Gasteiger partial charge in [0, 0.05) is 48.9 Å². The molecule has 3 rings (SSSR count). The molecule has 1 saturated heterocycles. The minimum atomic E-state index is -0.717. The zero-order valence-corrected chi connectivity index (χ0v) is 22.9. The first-order chi connectivity index (χ1) is 17.5. The molecular weight excluding hydrogens is 470 g/mol. The number of hydrogen-bond donors (Lipinski definition) is 2. The number of ether oxygens (including phenoxy) is 1. The minimum absolute atomic E-state index is 0.00625. The third-order valence-electron chi connectivity index (χ3n) is 7.32. The summed E-state index contributed by atoms with van der Waals surface area (Å²) in [7, 11) is 0. The summed E-state index contributed by atoms with van der Waals surface area (Å²) < 4.78 is 9.51. The van der Waals surface area contributed by atoms with E-state index in [2.05, 4.69) is 22.4 Å². The summed E-state index contributed by atoms with van der Waals surface area (Å²) in [5.41, 5.74) is 0.955. The largest absolute Gasteiger partial charge is 0.456 e. The topological polar surface area (TPSA) is 111 Å². The van der Waals surface area contributed by atoms with Gasteiger partial charge in [-0.15, -0.1) is 0 Å². The highest BCUT2D eigenvalue weighted by Crippen LogP contribution is 2.30. The average molecular weight is 514 g/mol. The zero-order chi connectivity index (χ0) is 27.0. The van der Waals surface area contributed by atoms with Crippen molar-refractivity contribution < 1.29 is 19.4 Å². The Labute approximate surface area is 220 Å². The van der Waals surface area contributed by atoms with Crippen LogP contribution in [0.4, 0.5) is 0 Å². The molecule has 9 nitrogen and oxygen atoms in total. The second-order valence-electron chi connectivity index (χ2n) is 11.0. The normalized spacial score (nSPS) is 27.1. The number of ketones is 1. The molecule has 2 N–H and O–H groups in total. The first kappa shape index (κ1) is 28.8. The van der Waals surface area contributed by atoms with Crippen molar-refractivity contribution in [1.82, 2.24) is 24.9 Å². The maximum absolute atomic E-state index is 13.1. The third-order valence-corrected chi connectivity index (χ3v) is 7.32. The van der Waals surface area contributed by atoms with Crippen LogP contribution in [0.2, 0.25) is 0 Å². The Kier molecular flexibility index (Phi) is 10.2. The summed E-state index contributed by atoms with van der Waals surface area (Å²) in [4.78, 5) is 25.9. The van der Waals surface area contributed by atoms with Gasteiger partial charge in [-0.25, -0.2) is 0 Å². The lowest BCUT2D eigenvalue weighted by atomic mass is 9.76. The highest BCUT2D eigenvalue weighted by Gasteiger charge is 2.35. The summed E-state index contributed by atoms with van der Waals surface area (Å²) in [6, 6.07) is 4.02. The van der Waals surface area contributed by atoms with E-state index < -0.39 is 23.5 Å². The van der Waals surface area contributed by atoms with Gasteiger partial charge in [-0.05, 0) is 56.9 Å². The summed E-state index contributed by atoms with van der Waals surface area (Å²) in [6.45, 7) is 10.6. The third kappa shape index (κ3) is 8.64. The van der Waals surface area contributed by atoms with Gasteiger partial charge in [0.05, 0.1) is 11.8 Å². The Hall–Kier alpha value is -2.78. The van der Waals surface area contributed by atoms with E-state index in [1.165, 1.54) is 0 Å². The molecule has 4 atom stereocenters. The van der Waals surface area contributed by atoms with E-state index in [1.54, 1.807) is 22.5 Å². The van der Waals surface area contributed by atoms with Gasteiger partial charge in [-0.1, -0.05) is 33.6 Å². The molecule has 0 saturated carbocycles. The zero-order valence-electron chi connectivity index (χ0n) is 22.9. The number of esters is 1. The van der Waals surface area contributed by atoms with Gasteiger partial charge in [0.2, 0.25) is 0 Å². The summed E-state index contributed by atoms with van der Waals surface area (Å²) in [5.74, 6) is -0.800. The molecular formula is C28H43N5O4. The van der Waals surface area contributed by atoms with Gasteiger partial charge in [-0.3, -0.25) is 19.0 Å². The Balaban J connectivity index is 1.72. The van der Waals surface area contributed by atoms with Crippen LogP contribution >= 0.6 is 0 Å². The Morgan fingerprint density at radius 1 is 1.22 bits per heavy atom. The number of nitrogens with zero attached hydrogens (tertiary/aromatic N) is 4. The molecule has 0 amide bonds. The molecule has 3 heterocycles. The highest BCUT2D eigenvalue weighted by atomic mass is 16.5. The van der Waals surface area contributed by atoms with Crippen LogP contribution in [0.3, 0.4) is 0 Å². The number of carbonyl (C=O) groups excluding carboxylic acids is 2. The molecule has 0 spiro atoms. The van der Waals surface area contributed by atoms with Crippen molar-refractivity contribution in [3.63, 3.8) is 0 Å². The van der Waals surface area contributed by atoms with E-state index in [4.69, 9.17) is 4.74 Å². The minimum Gasteiger partial charge on any atom is -0.456 e. The Bertz CT molecular complexity index is 1040. The number of hydrogen-bond acceptors (Lipinski definition) is 7. The van der Waals surface area contributed by atoms with Crippen molar-refractivity contribution >= 4 is 17.8 Å². The van der Waals surface area contributed by atoms with E-state index in [0.29, 0.717) is 26.1 Å². The van der Waals surface area contributed by atoms with Crippen LogP contribution < -0.4 is 5.32 Å². The van der Waals surface area contributed by atoms with E-state index in [9.17, 15) is 14.7 Å². The average Bonchev–Trinajstić information content (AvgIpc) is 3.53. The fourth-order valence-corrected chi connectivity index (χ4v) is 4.70. The lowest BCUT2D eigenvalue weighted by Crippen LogP contribution is -2.38. The fourth-order valence-electron chi connectivity index (χ4n) is 4.70. The molecule has 2 aromatic rings. The van der Waals surface area contributed by atoms with Gasteiger partial charge >= 0.3 is 5.97 Å². The lowest BCUT2D eigenvalue weighted by molar-refractivity contribution is -0.148.